The lowest BCUT2D eigenvalue weighted by atomic mass is 9.80. The van der Waals surface area contributed by atoms with Gasteiger partial charge in [-0.2, -0.15) is 0 Å². The lowest BCUT2D eigenvalue weighted by Crippen LogP contribution is -2.49. The van der Waals surface area contributed by atoms with Crippen molar-refractivity contribution in [2.45, 2.75) is 56.3 Å². The predicted octanol–water partition coefficient (Wildman–Crippen LogP) is 4.46. The fraction of sp³-hybridized carbons (Fsp3) is 0.462. The van der Waals surface area contributed by atoms with Crippen LogP contribution < -0.4 is 14.2 Å². The number of rotatable bonds is 8. The number of piperidine rings is 1. The maximum Gasteiger partial charge on any atom is 0.164 e. The lowest BCUT2D eigenvalue weighted by Gasteiger charge is -2.44. The maximum absolute atomic E-state index is 11.5. The lowest BCUT2D eigenvalue weighted by molar-refractivity contribution is -0.0595. The molecule has 0 unspecified atom stereocenters. The summed E-state index contributed by atoms with van der Waals surface area (Å²) in [4.78, 5) is 2.57. The minimum atomic E-state index is -0.778. The predicted molar refractivity (Wildman–Crippen MR) is 122 cm³/mol. The number of aliphatic hydroxyl groups is 1. The molecule has 2 aliphatic rings. The van der Waals surface area contributed by atoms with Gasteiger partial charge in [0.25, 0.3) is 0 Å². The van der Waals surface area contributed by atoms with Crippen LogP contribution in [0.15, 0.2) is 49.1 Å². The normalized spacial score (nSPS) is 25.3. The molecule has 0 radical (unpaired) electrons. The number of nitrogens with zero attached hydrogens (tertiary/aromatic N) is 1. The molecule has 0 spiro atoms. The zero-order chi connectivity index (χ0) is 22.0. The van der Waals surface area contributed by atoms with Crippen molar-refractivity contribution >= 4 is 0 Å². The molecule has 1 N–H and O–H groups in total. The van der Waals surface area contributed by atoms with E-state index in [1.54, 1.807) is 21.3 Å². The van der Waals surface area contributed by atoms with Crippen LogP contribution in [0.3, 0.4) is 0 Å². The highest BCUT2D eigenvalue weighted by Crippen LogP contribution is 2.47. The highest BCUT2D eigenvalue weighted by Gasteiger charge is 2.48. The summed E-state index contributed by atoms with van der Waals surface area (Å²) in [6.45, 7) is 4.73. The molecule has 5 nitrogen and oxygen atoms in total. The minimum Gasteiger partial charge on any atom is -0.497 e. The zero-order valence-corrected chi connectivity index (χ0v) is 18.8. The first-order valence-corrected chi connectivity index (χ1v) is 11.0. The molecule has 2 saturated heterocycles. The first-order valence-electron chi connectivity index (χ1n) is 11.0. The van der Waals surface area contributed by atoms with Crippen molar-refractivity contribution in [1.82, 2.24) is 4.90 Å². The van der Waals surface area contributed by atoms with Crippen LogP contribution in [-0.2, 0) is 18.6 Å². The van der Waals surface area contributed by atoms with Crippen molar-refractivity contribution in [2.75, 3.05) is 21.3 Å². The van der Waals surface area contributed by atoms with E-state index in [1.807, 2.05) is 30.3 Å². The van der Waals surface area contributed by atoms with Crippen molar-refractivity contribution in [2.24, 2.45) is 0 Å². The van der Waals surface area contributed by atoms with Crippen LogP contribution in [0.1, 0.15) is 42.4 Å². The van der Waals surface area contributed by atoms with Crippen LogP contribution in [0, 0.1) is 0 Å². The monoisotopic (exact) mass is 423 g/mol. The number of allylic oxidation sites excluding steroid dienone is 1. The highest BCUT2D eigenvalue weighted by atomic mass is 16.5. The molecule has 2 aliphatic heterocycles. The average molecular weight is 424 g/mol. The van der Waals surface area contributed by atoms with Crippen molar-refractivity contribution < 1.29 is 19.3 Å². The van der Waals surface area contributed by atoms with Gasteiger partial charge in [-0.1, -0.05) is 24.3 Å². The molecular formula is C26H33NO4. The first-order chi connectivity index (χ1) is 15.0. The smallest absolute Gasteiger partial charge is 0.164 e. The third-order valence-electron chi connectivity index (χ3n) is 6.89. The molecule has 2 aromatic rings. The summed E-state index contributed by atoms with van der Waals surface area (Å²) >= 11 is 0. The van der Waals surface area contributed by atoms with Gasteiger partial charge in [0.2, 0.25) is 0 Å². The van der Waals surface area contributed by atoms with Gasteiger partial charge in [-0.25, -0.2) is 0 Å². The molecule has 2 heterocycles. The van der Waals surface area contributed by atoms with Gasteiger partial charge in [-0.05, 0) is 61.4 Å². The van der Waals surface area contributed by atoms with Crippen LogP contribution in [0.25, 0.3) is 0 Å². The van der Waals surface area contributed by atoms with Crippen LogP contribution in [0.4, 0.5) is 0 Å². The van der Waals surface area contributed by atoms with Gasteiger partial charge in [0, 0.05) is 24.2 Å². The topological polar surface area (TPSA) is 51.2 Å². The summed E-state index contributed by atoms with van der Waals surface area (Å²) in [5, 5.41) is 11.5. The van der Waals surface area contributed by atoms with Gasteiger partial charge in [0.1, 0.15) is 5.75 Å². The van der Waals surface area contributed by atoms with Gasteiger partial charge in [-0.15, -0.1) is 6.58 Å². The Kier molecular flexibility index (Phi) is 6.26. The zero-order valence-electron chi connectivity index (χ0n) is 18.8. The molecule has 2 fully saturated rings. The quantitative estimate of drug-likeness (QED) is 0.636. The average Bonchev–Trinajstić information content (AvgIpc) is 3.02. The van der Waals surface area contributed by atoms with Gasteiger partial charge >= 0.3 is 0 Å². The third kappa shape index (κ3) is 4.17. The molecule has 166 valence electrons. The summed E-state index contributed by atoms with van der Waals surface area (Å²) < 4.78 is 16.5. The van der Waals surface area contributed by atoms with Gasteiger partial charge in [0.15, 0.2) is 11.5 Å². The Hall–Kier alpha value is -2.50. The van der Waals surface area contributed by atoms with E-state index in [2.05, 4.69) is 23.6 Å². The van der Waals surface area contributed by atoms with Crippen LogP contribution in [0.5, 0.6) is 17.2 Å². The largest absolute Gasteiger partial charge is 0.497 e. The second-order valence-electron chi connectivity index (χ2n) is 8.71. The standard InChI is InChI=1S/C26H33NO4/c1-5-6-19-13-18(14-24(30-3)25(19)31-4)17-27-21-9-10-22(27)16-26(28,15-21)20-7-11-23(29-2)12-8-20/h5,7-8,11-14,21-22,28H,1,6,9-10,15-17H2,2-4H3/t21-,22-/m1/s1. The summed E-state index contributed by atoms with van der Waals surface area (Å²) in [6, 6.07) is 12.9. The van der Waals surface area contributed by atoms with E-state index in [0.717, 1.165) is 67.0 Å². The Bertz CT molecular complexity index is 910. The molecule has 0 amide bonds. The highest BCUT2D eigenvalue weighted by molar-refractivity contribution is 5.50. The minimum absolute atomic E-state index is 0.363. The molecular weight excluding hydrogens is 390 g/mol. The van der Waals surface area contributed by atoms with Crippen LogP contribution in [-0.4, -0.2) is 43.4 Å². The molecule has 2 bridgehead atoms. The van der Waals surface area contributed by atoms with E-state index in [0.29, 0.717) is 12.1 Å². The maximum atomic E-state index is 11.5. The Morgan fingerprint density at radius 2 is 1.71 bits per heavy atom. The van der Waals surface area contributed by atoms with Crippen LogP contribution >= 0.6 is 0 Å². The van der Waals surface area contributed by atoms with E-state index in [4.69, 9.17) is 14.2 Å². The van der Waals surface area contributed by atoms with E-state index in [-0.39, 0.29) is 0 Å². The number of hydrogen-bond acceptors (Lipinski definition) is 5. The SMILES string of the molecule is C=CCc1cc(CN2[C@@H]3CC[C@@H]2CC(O)(c2ccc(OC)cc2)C3)cc(OC)c1OC. The fourth-order valence-electron chi connectivity index (χ4n) is 5.43. The third-order valence-corrected chi connectivity index (χ3v) is 6.89. The van der Waals surface area contributed by atoms with Crippen molar-refractivity contribution in [3.05, 3.63) is 65.7 Å². The Morgan fingerprint density at radius 1 is 1.03 bits per heavy atom. The Balaban J connectivity index is 1.55. The Labute approximate surface area is 185 Å². The number of methoxy groups -OCH3 is 3. The first kappa shape index (κ1) is 21.7. The summed E-state index contributed by atoms with van der Waals surface area (Å²) in [6.07, 6.45) is 6.37. The van der Waals surface area contributed by atoms with E-state index in [9.17, 15) is 5.11 Å². The molecule has 0 aliphatic carbocycles. The van der Waals surface area contributed by atoms with E-state index >= 15 is 0 Å². The van der Waals surface area contributed by atoms with Crippen molar-refractivity contribution in [3.8, 4) is 17.2 Å². The summed E-state index contributed by atoms with van der Waals surface area (Å²) in [7, 11) is 5.02. The van der Waals surface area contributed by atoms with Gasteiger partial charge in [0.05, 0.1) is 26.9 Å². The fourth-order valence-corrected chi connectivity index (χ4v) is 5.43. The molecule has 0 saturated carbocycles. The number of fused-ring (bicyclic) bond motifs is 2. The second-order valence-corrected chi connectivity index (χ2v) is 8.71. The Morgan fingerprint density at radius 3 is 2.26 bits per heavy atom. The van der Waals surface area contributed by atoms with E-state index < -0.39 is 5.60 Å². The number of hydrogen-bond donors (Lipinski definition) is 1. The van der Waals surface area contributed by atoms with E-state index in [1.165, 1.54) is 5.56 Å². The number of ether oxygens (including phenoxy) is 3. The van der Waals surface area contributed by atoms with Crippen molar-refractivity contribution in [1.29, 1.82) is 0 Å². The van der Waals surface area contributed by atoms with Gasteiger partial charge < -0.3 is 19.3 Å². The summed E-state index contributed by atoms with van der Waals surface area (Å²) in [5.74, 6) is 2.36. The second kappa shape index (κ2) is 8.93. The molecule has 4 rings (SSSR count). The van der Waals surface area contributed by atoms with Gasteiger partial charge in [-0.3, -0.25) is 4.90 Å². The molecule has 5 heteroatoms. The summed E-state index contributed by atoms with van der Waals surface area (Å²) in [5.41, 5.74) is 2.51. The number of benzene rings is 2. The molecule has 2 aromatic carbocycles. The van der Waals surface area contributed by atoms with Crippen LogP contribution in [0.2, 0.25) is 0 Å². The van der Waals surface area contributed by atoms with Crippen molar-refractivity contribution in [3.63, 3.8) is 0 Å². The molecule has 0 aromatic heterocycles. The molecule has 31 heavy (non-hydrogen) atoms. The molecule has 2 atom stereocenters.